The van der Waals surface area contributed by atoms with Gasteiger partial charge >= 0.3 is 0 Å². The molecule has 0 bridgehead atoms. The second-order valence-electron chi connectivity index (χ2n) is 10.9. The van der Waals surface area contributed by atoms with Crippen molar-refractivity contribution in [2.75, 3.05) is 12.4 Å². The van der Waals surface area contributed by atoms with Crippen LogP contribution in [0.1, 0.15) is 34.3 Å². The first-order valence-corrected chi connectivity index (χ1v) is 16.8. The van der Waals surface area contributed by atoms with Gasteiger partial charge in [-0.15, -0.1) is 0 Å². The number of ether oxygens (including phenoxy) is 2. The zero-order chi connectivity index (χ0) is 30.4. The number of carbonyl (C=O) groups is 2. The molecule has 0 fully saturated rings. The summed E-state index contributed by atoms with van der Waals surface area (Å²) in [5.74, 6) is -5.54. The minimum Gasteiger partial charge on any atom is -0.471 e. The van der Waals surface area contributed by atoms with Gasteiger partial charge in [0.05, 0.1) is 20.6 Å². The van der Waals surface area contributed by atoms with Gasteiger partial charge in [-0.25, -0.2) is 8.78 Å². The largest absolute Gasteiger partial charge is 0.471 e. The van der Waals surface area contributed by atoms with E-state index < -0.39 is 43.4 Å². The Balaban J connectivity index is 1.68. The van der Waals surface area contributed by atoms with E-state index in [1.54, 1.807) is 31.4 Å². The van der Waals surface area contributed by atoms with Crippen molar-refractivity contribution in [3.8, 4) is 5.88 Å². The predicted octanol–water partition coefficient (Wildman–Crippen LogP) is 5.21. The lowest BCUT2D eigenvalue weighted by Crippen LogP contribution is -2.42. The molecule has 0 aliphatic rings. The van der Waals surface area contributed by atoms with Crippen LogP contribution in [0, 0.1) is 11.6 Å². The van der Waals surface area contributed by atoms with Crippen molar-refractivity contribution in [2.24, 2.45) is 5.73 Å². The fourth-order valence-corrected chi connectivity index (χ4v) is 6.33. The molecule has 3 N–H and O–H groups in total. The van der Waals surface area contributed by atoms with Crippen molar-refractivity contribution >= 4 is 30.8 Å². The maximum absolute atomic E-state index is 15.0. The first-order valence-electron chi connectivity index (χ1n) is 13.3. The highest BCUT2D eigenvalue weighted by Gasteiger charge is 2.39. The van der Waals surface area contributed by atoms with Crippen molar-refractivity contribution in [2.45, 2.75) is 44.7 Å². The molecular weight excluding hydrogens is 560 g/mol. The molecule has 8 nitrogen and oxygen atoms in total. The number of anilines is 1. The molecule has 2 atom stereocenters. The minimum absolute atomic E-state index is 0.00174. The van der Waals surface area contributed by atoms with E-state index in [9.17, 15) is 18.4 Å². The topological polar surface area (TPSA) is 117 Å². The number of benzene rings is 3. The third-order valence-corrected chi connectivity index (χ3v) is 8.65. The van der Waals surface area contributed by atoms with E-state index in [0.29, 0.717) is 12.2 Å². The molecule has 0 saturated heterocycles. The number of nitrogens with one attached hydrogen (secondary N) is 1. The van der Waals surface area contributed by atoms with Crippen LogP contribution in [-0.4, -0.2) is 32.2 Å². The highest BCUT2D eigenvalue weighted by atomic mass is 28.3. The summed E-state index contributed by atoms with van der Waals surface area (Å²) in [7, 11) is -0.785. The zero-order valence-corrected chi connectivity index (χ0v) is 24.8. The molecule has 11 heteroatoms. The van der Waals surface area contributed by atoms with E-state index in [-0.39, 0.29) is 29.1 Å². The average molecular weight is 594 g/mol. The number of nitrogens with zero attached hydrogens (tertiary/aromatic N) is 1. The summed E-state index contributed by atoms with van der Waals surface area (Å²) in [6, 6.07) is 19.7. The Labute approximate surface area is 243 Å². The number of methoxy groups -OCH3 is 1. The van der Waals surface area contributed by atoms with Crippen LogP contribution in [-0.2, 0) is 27.5 Å². The number of hydrogen-bond donors (Lipinski definition) is 2. The Kier molecular flexibility index (Phi) is 9.54. The SMILES string of the molecule is COCc1ccc([C@H](C(=O)Nc2cc(F)c([Si](C)(C)C)c(F)c2)C(C(N)=O)c2cc(OCc3ccccc3)no2)cc1. The predicted molar refractivity (Wildman–Crippen MR) is 157 cm³/mol. The lowest BCUT2D eigenvalue weighted by molar-refractivity contribution is -0.125. The van der Waals surface area contributed by atoms with Crippen molar-refractivity contribution in [3.63, 3.8) is 0 Å². The summed E-state index contributed by atoms with van der Waals surface area (Å²) in [6.45, 7) is 6.00. The molecule has 4 aromatic rings. The van der Waals surface area contributed by atoms with E-state index in [0.717, 1.165) is 23.3 Å². The Morgan fingerprint density at radius 2 is 1.55 bits per heavy atom. The van der Waals surface area contributed by atoms with Crippen molar-refractivity contribution in [1.29, 1.82) is 0 Å². The molecular formula is C31H33F2N3O5Si. The summed E-state index contributed by atoms with van der Waals surface area (Å²) in [6.07, 6.45) is 0. The molecule has 3 aromatic carbocycles. The first-order chi connectivity index (χ1) is 20.0. The summed E-state index contributed by atoms with van der Waals surface area (Å²) >= 11 is 0. The van der Waals surface area contributed by atoms with Gasteiger partial charge in [0.2, 0.25) is 11.8 Å². The van der Waals surface area contributed by atoms with Crippen LogP contribution in [0.3, 0.4) is 0 Å². The number of amides is 2. The summed E-state index contributed by atoms with van der Waals surface area (Å²) in [5, 5.41) is 6.50. The summed E-state index contributed by atoms with van der Waals surface area (Å²) in [4.78, 5) is 26.7. The molecule has 0 aliphatic carbocycles. The van der Waals surface area contributed by atoms with Crippen LogP contribution in [0.15, 0.2) is 77.3 Å². The van der Waals surface area contributed by atoms with E-state index in [1.165, 1.54) is 6.07 Å². The van der Waals surface area contributed by atoms with E-state index in [1.807, 2.05) is 50.0 Å². The summed E-state index contributed by atoms with van der Waals surface area (Å²) in [5.41, 5.74) is 7.87. The van der Waals surface area contributed by atoms with Gasteiger partial charge in [0.15, 0.2) is 5.76 Å². The Morgan fingerprint density at radius 3 is 2.12 bits per heavy atom. The van der Waals surface area contributed by atoms with Crippen molar-refractivity contribution < 1.29 is 32.4 Å². The number of rotatable bonds is 12. The van der Waals surface area contributed by atoms with Gasteiger partial charge in [-0.2, -0.15) is 0 Å². The lowest BCUT2D eigenvalue weighted by atomic mass is 9.82. The van der Waals surface area contributed by atoms with Gasteiger partial charge < -0.3 is 25.0 Å². The monoisotopic (exact) mass is 593 g/mol. The van der Waals surface area contributed by atoms with Gasteiger partial charge in [-0.05, 0) is 34.0 Å². The molecule has 2 amide bonds. The maximum Gasteiger partial charge on any atom is 0.254 e. The highest BCUT2D eigenvalue weighted by Crippen LogP contribution is 2.36. The molecule has 42 heavy (non-hydrogen) atoms. The van der Waals surface area contributed by atoms with Crippen LogP contribution in [0.25, 0.3) is 0 Å². The van der Waals surface area contributed by atoms with Gasteiger partial charge in [0.1, 0.15) is 24.2 Å². The van der Waals surface area contributed by atoms with Crippen LogP contribution in [0.5, 0.6) is 5.88 Å². The Morgan fingerprint density at radius 1 is 0.929 bits per heavy atom. The number of primary amides is 1. The molecule has 1 heterocycles. The molecule has 0 radical (unpaired) electrons. The molecule has 0 saturated carbocycles. The number of aromatic nitrogens is 1. The first kappa shape index (κ1) is 30.6. The zero-order valence-electron chi connectivity index (χ0n) is 23.8. The smallest absolute Gasteiger partial charge is 0.254 e. The van der Waals surface area contributed by atoms with E-state index >= 15 is 0 Å². The minimum atomic E-state index is -2.34. The van der Waals surface area contributed by atoms with Crippen molar-refractivity contribution in [3.05, 3.63) is 107 Å². The molecule has 0 spiro atoms. The number of halogens is 2. The van der Waals surface area contributed by atoms with Gasteiger partial charge in [-0.1, -0.05) is 74.2 Å². The van der Waals surface area contributed by atoms with Crippen LogP contribution in [0.2, 0.25) is 19.6 Å². The molecule has 220 valence electrons. The van der Waals surface area contributed by atoms with E-state index in [2.05, 4.69) is 10.5 Å². The van der Waals surface area contributed by atoms with Crippen LogP contribution in [0.4, 0.5) is 14.5 Å². The van der Waals surface area contributed by atoms with Crippen LogP contribution < -0.4 is 21.0 Å². The third-order valence-electron chi connectivity index (χ3n) is 6.67. The van der Waals surface area contributed by atoms with Gasteiger partial charge in [0, 0.05) is 24.1 Å². The third kappa shape index (κ3) is 7.28. The number of carbonyl (C=O) groups excluding carboxylic acids is 2. The fraction of sp³-hybridized carbons (Fsp3) is 0.258. The average Bonchev–Trinajstić information content (AvgIpc) is 3.38. The molecule has 1 aromatic heterocycles. The molecule has 0 aliphatic heterocycles. The number of hydrogen-bond acceptors (Lipinski definition) is 6. The summed E-state index contributed by atoms with van der Waals surface area (Å²) < 4.78 is 46.2. The maximum atomic E-state index is 15.0. The van der Waals surface area contributed by atoms with Crippen molar-refractivity contribution in [1.82, 2.24) is 5.16 Å². The highest BCUT2D eigenvalue weighted by molar-refractivity contribution is 6.88. The Hall–Kier alpha value is -4.35. The molecule has 1 unspecified atom stereocenters. The van der Waals surface area contributed by atoms with Crippen LogP contribution >= 0.6 is 0 Å². The Bertz CT molecular complexity index is 1520. The standard InChI is InChI=1S/C31H33F2N3O5Si/c1-39-17-20-10-12-21(13-11-20)27(31(38)35-22-14-23(32)29(24(33)15-22)42(2,3)4)28(30(34)37)25-16-26(36-41-25)40-18-19-8-6-5-7-9-19/h5-16,27-28H,17-18H2,1-4H3,(H2,34,37)(H,35,38)/t27-,28?/m0/s1. The second kappa shape index (κ2) is 13.1. The normalized spacial score (nSPS) is 12.9. The quantitative estimate of drug-likeness (QED) is 0.218. The number of nitrogens with two attached hydrogens (primary N) is 1. The fourth-order valence-electron chi connectivity index (χ4n) is 4.75. The van der Waals surface area contributed by atoms with E-state index in [4.69, 9.17) is 19.7 Å². The lowest BCUT2D eigenvalue weighted by Gasteiger charge is -2.24. The second-order valence-corrected chi connectivity index (χ2v) is 15.9. The molecule has 4 rings (SSSR count). The van der Waals surface area contributed by atoms with Gasteiger partial charge in [-0.3, -0.25) is 9.59 Å². The van der Waals surface area contributed by atoms with Gasteiger partial charge in [0.25, 0.3) is 5.88 Å².